The first kappa shape index (κ1) is 21.2. The van der Waals surface area contributed by atoms with E-state index in [1.54, 1.807) is 17.8 Å². The summed E-state index contributed by atoms with van der Waals surface area (Å²) >= 11 is 1.61. The van der Waals surface area contributed by atoms with Crippen molar-refractivity contribution in [3.8, 4) is 0 Å². The minimum absolute atomic E-state index is 0.0916. The second kappa shape index (κ2) is 9.73. The molecular weight excluding hydrogens is 360 g/mol. The van der Waals surface area contributed by atoms with Crippen LogP contribution in [0.2, 0.25) is 0 Å². The maximum Gasteiger partial charge on any atom is 0.244 e. The molecule has 0 atom stereocenters. The molecule has 2 rings (SSSR count). The number of nitrogens with one attached hydrogen (secondary N) is 1. The summed E-state index contributed by atoms with van der Waals surface area (Å²) in [6.45, 7) is 9.83. The van der Waals surface area contributed by atoms with Gasteiger partial charge in [-0.1, -0.05) is 25.6 Å². The number of aryl methyl sites for hydroxylation is 3. The van der Waals surface area contributed by atoms with Crippen LogP contribution in [0.1, 0.15) is 43.0 Å². The van der Waals surface area contributed by atoms with Crippen molar-refractivity contribution in [2.45, 2.75) is 52.2 Å². The zero-order valence-corrected chi connectivity index (χ0v) is 17.9. The van der Waals surface area contributed by atoms with Crippen molar-refractivity contribution in [3.63, 3.8) is 0 Å². The van der Waals surface area contributed by atoms with Crippen molar-refractivity contribution < 1.29 is 4.79 Å². The van der Waals surface area contributed by atoms with Crippen LogP contribution in [0, 0.1) is 19.8 Å². The molecule has 148 valence electrons. The third-order valence-corrected chi connectivity index (χ3v) is 5.03. The van der Waals surface area contributed by atoms with Gasteiger partial charge in [0.15, 0.2) is 5.16 Å². The topological polar surface area (TPSA) is 77.6 Å². The number of thioether (sulfide) groups is 1. The average molecular weight is 391 g/mol. The molecule has 0 aromatic carbocycles. The molecule has 0 fully saturated rings. The lowest BCUT2D eigenvalue weighted by Gasteiger charge is -2.11. The highest BCUT2D eigenvalue weighted by Gasteiger charge is 2.12. The Bertz CT molecular complexity index is 805. The maximum atomic E-state index is 12.1. The van der Waals surface area contributed by atoms with Crippen molar-refractivity contribution >= 4 is 23.7 Å². The maximum absolute atomic E-state index is 12.1. The van der Waals surface area contributed by atoms with Gasteiger partial charge < -0.3 is 9.88 Å². The number of hydrogen-bond acceptors (Lipinski definition) is 5. The molecule has 0 aliphatic carbocycles. The van der Waals surface area contributed by atoms with Crippen LogP contribution < -0.4 is 5.32 Å². The highest BCUT2D eigenvalue weighted by molar-refractivity contribution is 7.98. The van der Waals surface area contributed by atoms with Gasteiger partial charge in [-0.05, 0) is 38.5 Å². The van der Waals surface area contributed by atoms with Crippen molar-refractivity contribution in [2.24, 2.45) is 13.0 Å². The number of hydrogen-bond donors (Lipinski definition) is 1. The Balaban J connectivity index is 1.84. The smallest absolute Gasteiger partial charge is 0.244 e. The summed E-state index contributed by atoms with van der Waals surface area (Å²) in [7, 11) is 1.90. The number of carbonyl (C=O) groups excluding carboxylic acids is 1. The van der Waals surface area contributed by atoms with E-state index >= 15 is 0 Å². The van der Waals surface area contributed by atoms with E-state index < -0.39 is 0 Å². The molecule has 2 heterocycles. The lowest BCUT2D eigenvalue weighted by molar-refractivity contribution is -0.116. The average Bonchev–Trinajstić information content (AvgIpc) is 3.10. The van der Waals surface area contributed by atoms with Gasteiger partial charge in [0, 0.05) is 43.9 Å². The van der Waals surface area contributed by atoms with Crippen molar-refractivity contribution in [1.29, 1.82) is 0 Å². The number of amides is 1. The summed E-state index contributed by atoms with van der Waals surface area (Å²) in [4.78, 5) is 12.1. The SMILES string of the molecule is CSc1nnc(CCCNC(=O)/C=C/c2c(C)nn(C)c2C)n1CC(C)C. The molecule has 0 radical (unpaired) electrons. The summed E-state index contributed by atoms with van der Waals surface area (Å²) in [5.74, 6) is 1.43. The highest BCUT2D eigenvalue weighted by atomic mass is 32.2. The molecule has 2 aromatic rings. The Kier molecular flexibility index (Phi) is 7.65. The van der Waals surface area contributed by atoms with Crippen LogP contribution in [0.15, 0.2) is 11.2 Å². The molecule has 7 nitrogen and oxygen atoms in total. The van der Waals surface area contributed by atoms with E-state index in [0.717, 1.165) is 47.3 Å². The van der Waals surface area contributed by atoms with Gasteiger partial charge >= 0.3 is 0 Å². The standard InChI is InChI=1S/C19H30N6OS/c1-13(2)12-25-17(21-22-19(25)27-6)8-7-11-20-18(26)10-9-16-14(3)23-24(5)15(16)4/h9-10,13H,7-8,11-12H2,1-6H3,(H,20,26)/b10-9+. The van der Waals surface area contributed by atoms with Gasteiger partial charge in [0.25, 0.3) is 0 Å². The van der Waals surface area contributed by atoms with Crippen molar-refractivity contribution in [3.05, 3.63) is 28.9 Å². The summed E-state index contributed by atoms with van der Waals surface area (Å²) in [5, 5.41) is 16.8. The lowest BCUT2D eigenvalue weighted by atomic mass is 10.2. The monoisotopic (exact) mass is 390 g/mol. The van der Waals surface area contributed by atoms with Crippen LogP contribution >= 0.6 is 11.8 Å². The Morgan fingerprint density at radius 3 is 2.63 bits per heavy atom. The molecule has 0 saturated heterocycles. The first-order chi connectivity index (χ1) is 12.8. The predicted octanol–water partition coefficient (Wildman–Crippen LogP) is 2.77. The van der Waals surface area contributed by atoms with Gasteiger partial charge in [-0.3, -0.25) is 9.48 Å². The number of nitrogens with zero attached hydrogens (tertiary/aromatic N) is 5. The number of carbonyl (C=O) groups is 1. The van der Waals surface area contributed by atoms with Crippen LogP contribution in [0.5, 0.6) is 0 Å². The number of rotatable bonds is 9. The molecule has 2 aromatic heterocycles. The molecule has 0 bridgehead atoms. The molecule has 1 amide bonds. The molecule has 8 heteroatoms. The summed E-state index contributed by atoms with van der Waals surface area (Å²) in [6, 6.07) is 0. The summed E-state index contributed by atoms with van der Waals surface area (Å²) < 4.78 is 4.01. The van der Waals surface area contributed by atoms with Crippen LogP contribution in [0.4, 0.5) is 0 Å². The van der Waals surface area contributed by atoms with E-state index in [4.69, 9.17) is 0 Å². The van der Waals surface area contributed by atoms with Crippen LogP contribution in [0.25, 0.3) is 6.08 Å². The molecule has 0 spiro atoms. The minimum atomic E-state index is -0.0916. The summed E-state index contributed by atoms with van der Waals surface area (Å²) in [5.41, 5.74) is 2.97. The molecule has 27 heavy (non-hydrogen) atoms. The highest BCUT2D eigenvalue weighted by Crippen LogP contribution is 2.17. The van der Waals surface area contributed by atoms with E-state index in [2.05, 4.69) is 39.0 Å². The Labute approximate surface area is 165 Å². The van der Waals surface area contributed by atoms with Gasteiger partial charge in [0.1, 0.15) is 5.82 Å². The first-order valence-electron chi connectivity index (χ1n) is 9.25. The first-order valence-corrected chi connectivity index (χ1v) is 10.5. The van der Waals surface area contributed by atoms with Crippen molar-refractivity contribution in [1.82, 2.24) is 29.9 Å². The fraction of sp³-hybridized carbons (Fsp3) is 0.579. The van der Waals surface area contributed by atoms with E-state index in [1.165, 1.54) is 0 Å². The quantitative estimate of drug-likeness (QED) is 0.405. The van der Waals surface area contributed by atoms with Crippen LogP contribution in [-0.4, -0.2) is 43.3 Å². The Hall–Kier alpha value is -2.09. The lowest BCUT2D eigenvalue weighted by Crippen LogP contribution is -2.23. The van der Waals surface area contributed by atoms with Crippen LogP contribution in [0.3, 0.4) is 0 Å². The fourth-order valence-corrected chi connectivity index (χ4v) is 3.43. The number of aromatic nitrogens is 5. The zero-order valence-electron chi connectivity index (χ0n) is 17.1. The van der Waals surface area contributed by atoms with Crippen molar-refractivity contribution in [2.75, 3.05) is 12.8 Å². The van der Waals surface area contributed by atoms with E-state index in [0.29, 0.717) is 12.5 Å². The molecule has 0 aliphatic rings. The van der Waals surface area contributed by atoms with Gasteiger partial charge in [-0.15, -0.1) is 10.2 Å². The second-order valence-corrected chi connectivity index (χ2v) is 7.82. The minimum Gasteiger partial charge on any atom is -0.353 e. The van der Waals surface area contributed by atoms with Gasteiger partial charge in [0.2, 0.25) is 5.91 Å². The summed E-state index contributed by atoms with van der Waals surface area (Å²) in [6.07, 6.45) is 7.05. The third-order valence-electron chi connectivity index (χ3n) is 4.37. The molecular formula is C19H30N6OS. The zero-order chi connectivity index (χ0) is 20.0. The van der Waals surface area contributed by atoms with Gasteiger partial charge in [-0.25, -0.2) is 0 Å². The van der Waals surface area contributed by atoms with E-state index in [-0.39, 0.29) is 5.91 Å². The van der Waals surface area contributed by atoms with E-state index in [1.807, 2.05) is 37.9 Å². The predicted molar refractivity (Wildman–Crippen MR) is 110 cm³/mol. The van der Waals surface area contributed by atoms with Gasteiger partial charge in [-0.2, -0.15) is 5.10 Å². The third kappa shape index (κ3) is 5.69. The largest absolute Gasteiger partial charge is 0.353 e. The second-order valence-electron chi connectivity index (χ2n) is 7.04. The fourth-order valence-electron chi connectivity index (χ4n) is 2.91. The molecule has 0 saturated carbocycles. The molecule has 0 aliphatic heterocycles. The Morgan fingerprint density at radius 2 is 2.04 bits per heavy atom. The Morgan fingerprint density at radius 1 is 1.30 bits per heavy atom. The van der Waals surface area contributed by atoms with Gasteiger partial charge in [0.05, 0.1) is 5.69 Å². The molecule has 0 unspecified atom stereocenters. The van der Waals surface area contributed by atoms with E-state index in [9.17, 15) is 4.79 Å². The van der Waals surface area contributed by atoms with Crippen LogP contribution in [-0.2, 0) is 24.8 Å². The normalized spacial score (nSPS) is 11.7. The molecule has 1 N–H and O–H groups in total.